The van der Waals surface area contributed by atoms with Crippen LogP contribution in [0.1, 0.15) is 49.5 Å². The molecule has 1 aliphatic rings. The lowest BCUT2D eigenvalue weighted by atomic mass is 9.86. The van der Waals surface area contributed by atoms with Crippen LogP contribution in [0.5, 0.6) is 0 Å². The van der Waals surface area contributed by atoms with Crippen LogP contribution in [0.25, 0.3) is 0 Å². The van der Waals surface area contributed by atoms with Gasteiger partial charge in [-0.25, -0.2) is 0 Å². The van der Waals surface area contributed by atoms with E-state index in [2.05, 4.69) is 26.1 Å². The highest BCUT2D eigenvalue weighted by Crippen LogP contribution is 2.23. The predicted molar refractivity (Wildman–Crippen MR) is 77.6 cm³/mol. The number of rotatable bonds is 2. The van der Waals surface area contributed by atoms with Crippen LogP contribution in [0.15, 0.2) is 24.3 Å². The number of benzene rings is 1. The molecular formula is C16H23NO3. The molecule has 2 rings (SSSR count). The molecule has 3 N–H and O–H groups in total. The monoisotopic (exact) mass is 277 g/mol. The topological polar surface area (TPSA) is 69.6 Å². The van der Waals surface area contributed by atoms with E-state index in [1.165, 1.54) is 5.56 Å². The number of amides is 1. The standard InChI is InChI=1S/C16H23NO3/c1-16(2,3)11-6-4-10(5-7-11)15(20)17-12-8-9-13(18)14(12)19/h4-7,12-14,18-19H,8-9H2,1-3H3,(H,17,20)/t12-,13-,14-/m1/s1. The summed E-state index contributed by atoms with van der Waals surface area (Å²) >= 11 is 0. The molecule has 0 saturated heterocycles. The fourth-order valence-electron chi connectivity index (χ4n) is 2.49. The first kappa shape index (κ1) is 15.0. The molecule has 0 aromatic heterocycles. The Morgan fingerprint density at radius 1 is 1.15 bits per heavy atom. The molecule has 1 aromatic rings. The lowest BCUT2D eigenvalue weighted by Crippen LogP contribution is -2.42. The summed E-state index contributed by atoms with van der Waals surface area (Å²) in [6.07, 6.45) is -0.472. The minimum Gasteiger partial charge on any atom is -0.390 e. The Hall–Kier alpha value is -1.39. The predicted octanol–water partition coefficient (Wildman–Crippen LogP) is 1.60. The Labute approximate surface area is 119 Å². The average molecular weight is 277 g/mol. The summed E-state index contributed by atoms with van der Waals surface area (Å²) in [5.74, 6) is -0.205. The van der Waals surface area contributed by atoms with Gasteiger partial charge in [-0.15, -0.1) is 0 Å². The second-order valence-corrected chi connectivity index (χ2v) is 6.54. The third-order valence-electron chi connectivity index (χ3n) is 3.91. The molecule has 0 radical (unpaired) electrons. The van der Waals surface area contributed by atoms with E-state index in [0.717, 1.165) is 0 Å². The first-order chi connectivity index (χ1) is 9.29. The van der Waals surface area contributed by atoms with Gasteiger partial charge in [0.15, 0.2) is 0 Å². The van der Waals surface area contributed by atoms with Crippen molar-refractivity contribution in [1.29, 1.82) is 0 Å². The molecule has 0 spiro atoms. The number of carbonyl (C=O) groups is 1. The molecule has 3 atom stereocenters. The van der Waals surface area contributed by atoms with Gasteiger partial charge in [-0.05, 0) is 36.0 Å². The molecule has 1 aromatic carbocycles. The van der Waals surface area contributed by atoms with E-state index in [0.29, 0.717) is 18.4 Å². The van der Waals surface area contributed by atoms with Crippen molar-refractivity contribution in [3.05, 3.63) is 35.4 Å². The van der Waals surface area contributed by atoms with Crippen LogP contribution in [0, 0.1) is 0 Å². The maximum Gasteiger partial charge on any atom is 0.251 e. The van der Waals surface area contributed by atoms with Gasteiger partial charge in [0.05, 0.1) is 12.1 Å². The summed E-state index contributed by atoms with van der Waals surface area (Å²) in [6, 6.07) is 7.14. The molecule has 1 fully saturated rings. The highest BCUT2D eigenvalue weighted by atomic mass is 16.3. The molecular weight excluding hydrogens is 254 g/mol. The summed E-state index contributed by atoms with van der Waals surface area (Å²) in [5, 5.41) is 22.0. The Kier molecular flexibility index (Phi) is 4.16. The zero-order valence-corrected chi connectivity index (χ0v) is 12.3. The van der Waals surface area contributed by atoms with Crippen LogP contribution < -0.4 is 5.32 Å². The van der Waals surface area contributed by atoms with Crippen LogP contribution in [0.4, 0.5) is 0 Å². The summed E-state index contributed by atoms with van der Waals surface area (Å²) in [5.41, 5.74) is 1.80. The van der Waals surface area contributed by atoms with Gasteiger partial charge in [-0.2, -0.15) is 0 Å². The molecule has 1 amide bonds. The number of aliphatic hydroxyl groups is 2. The van der Waals surface area contributed by atoms with Crippen LogP contribution in [0.2, 0.25) is 0 Å². The molecule has 4 nitrogen and oxygen atoms in total. The van der Waals surface area contributed by atoms with Crippen LogP contribution in [-0.2, 0) is 5.41 Å². The molecule has 0 heterocycles. The lowest BCUT2D eigenvalue weighted by Gasteiger charge is -2.20. The van der Waals surface area contributed by atoms with Gasteiger partial charge in [0, 0.05) is 5.56 Å². The van der Waals surface area contributed by atoms with Crippen LogP contribution in [-0.4, -0.2) is 34.4 Å². The fraction of sp³-hybridized carbons (Fsp3) is 0.562. The van der Waals surface area contributed by atoms with E-state index in [1.807, 2.05) is 12.1 Å². The van der Waals surface area contributed by atoms with Crippen molar-refractivity contribution in [2.24, 2.45) is 0 Å². The smallest absolute Gasteiger partial charge is 0.251 e. The van der Waals surface area contributed by atoms with Crippen molar-refractivity contribution < 1.29 is 15.0 Å². The normalized spacial score (nSPS) is 26.6. The SMILES string of the molecule is CC(C)(C)c1ccc(C(=O)N[C@@H]2CC[C@@H](O)[C@@H]2O)cc1. The van der Waals surface area contributed by atoms with Crippen LogP contribution >= 0.6 is 0 Å². The second kappa shape index (κ2) is 5.54. The van der Waals surface area contributed by atoms with E-state index >= 15 is 0 Å². The highest BCUT2D eigenvalue weighted by molar-refractivity contribution is 5.94. The van der Waals surface area contributed by atoms with Gasteiger partial charge in [-0.1, -0.05) is 32.9 Å². The third kappa shape index (κ3) is 3.19. The molecule has 110 valence electrons. The van der Waals surface area contributed by atoms with Crippen molar-refractivity contribution in [1.82, 2.24) is 5.32 Å². The number of hydrogen-bond donors (Lipinski definition) is 3. The van der Waals surface area contributed by atoms with Gasteiger partial charge >= 0.3 is 0 Å². The molecule has 20 heavy (non-hydrogen) atoms. The maximum atomic E-state index is 12.1. The van der Waals surface area contributed by atoms with E-state index < -0.39 is 12.2 Å². The Morgan fingerprint density at radius 2 is 1.75 bits per heavy atom. The van der Waals surface area contributed by atoms with Crippen molar-refractivity contribution in [3.8, 4) is 0 Å². The third-order valence-corrected chi connectivity index (χ3v) is 3.91. The zero-order valence-electron chi connectivity index (χ0n) is 12.3. The summed E-state index contributed by atoms with van der Waals surface area (Å²) in [7, 11) is 0. The molecule has 1 saturated carbocycles. The zero-order chi connectivity index (χ0) is 14.9. The highest BCUT2D eigenvalue weighted by Gasteiger charge is 2.34. The van der Waals surface area contributed by atoms with E-state index in [-0.39, 0.29) is 17.4 Å². The first-order valence-electron chi connectivity index (χ1n) is 7.06. The fourth-order valence-corrected chi connectivity index (χ4v) is 2.49. The van der Waals surface area contributed by atoms with Crippen molar-refractivity contribution in [2.75, 3.05) is 0 Å². The van der Waals surface area contributed by atoms with E-state index in [1.54, 1.807) is 12.1 Å². The summed E-state index contributed by atoms with van der Waals surface area (Å²) < 4.78 is 0. The minimum atomic E-state index is -0.868. The summed E-state index contributed by atoms with van der Waals surface area (Å²) in [4.78, 5) is 12.1. The van der Waals surface area contributed by atoms with Crippen molar-refractivity contribution in [2.45, 2.75) is 57.3 Å². The van der Waals surface area contributed by atoms with Gasteiger partial charge in [0.2, 0.25) is 0 Å². The maximum absolute atomic E-state index is 12.1. The van der Waals surface area contributed by atoms with Gasteiger partial charge in [-0.3, -0.25) is 4.79 Å². The first-order valence-corrected chi connectivity index (χ1v) is 7.06. The van der Waals surface area contributed by atoms with Crippen molar-refractivity contribution in [3.63, 3.8) is 0 Å². The van der Waals surface area contributed by atoms with Gasteiger partial charge < -0.3 is 15.5 Å². The number of carbonyl (C=O) groups excluding carboxylic acids is 1. The quantitative estimate of drug-likeness (QED) is 0.769. The van der Waals surface area contributed by atoms with Crippen LogP contribution in [0.3, 0.4) is 0 Å². The second-order valence-electron chi connectivity index (χ2n) is 6.54. The number of hydrogen-bond acceptors (Lipinski definition) is 3. The Balaban J connectivity index is 2.03. The Bertz CT molecular complexity index is 475. The average Bonchev–Trinajstić information content (AvgIpc) is 2.70. The van der Waals surface area contributed by atoms with Gasteiger partial charge in [0.1, 0.15) is 6.10 Å². The molecule has 0 aliphatic heterocycles. The molecule has 1 aliphatic carbocycles. The van der Waals surface area contributed by atoms with Gasteiger partial charge in [0.25, 0.3) is 5.91 Å². The summed E-state index contributed by atoms with van der Waals surface area (Å²) in [6.45, 7) is 6.37. The minimum absolute atomic E-state index is 0.0563. The number of aliphatic hydroxyl groups excluding tert-OH is 2. The van der Waals surface area contributed by atoms with Crippen molar-refractivity contribution >= 4 is 5.91 Å². The molecule has 4 heteroatoms. The molecule has 0 bridgehead atoms. The van der Waals surface area contributed by atoms with E-state index in [9.17, 15) is 15.0 Å². The van der Waals surface area contributed by atoms with E-state index in [4.69, 9.17) is 0 Å². The molecule has 0 unspecified atom stereocenters. The Morgan fingerprint density at radius 3 is 2.20 bits per heavy atom. The largest absolute Gasteiger partial charge is 0.390 e. The number of nitrogens with one attached hydrogen (secondary N) is 1. The lowest BCUT2D eigenvalue weighted by molar-refractivity contribution is 0.0296.